The smallest absolute Gasteiger partial charge is 0.326 e. The Morgan fingerprint density at radius 3 is 2.63 bits per heavy atom. The summed E-state index contributed by atoms with van der Waals surface area (Å²) in [6.07, 6.45) is 2.67. The maximum absolute atomic E-state index is 12.2. The first kappa shape index (κ1) is 13.9. The van der Waals surface area contributed by atoms with Gasteiger partial charge in [-0.3, -0.25) is 4.79 Å². The van der Waals surface area contributed by atoms with Gasteiger partial charge >= 0.3 is 5.97 Å². The molecular weight excluding hydrogens is 242 g/mol. The maximum atomic E-state index is 12.2. The van der Waals surface area contributed by atoms with E-state index in [4.69, 9.17) is 9.47 Å². The fourth-order valence-electron chi connectivity index (χ4n) is 2.44. The lowest BCUT2D eigenvalue weighted by Crippen LogP contribution is -2.48. The zero-order valence-electron chi connectivity index (χ0n) is 11.6. The minimum atomic E-state index is -0.466. The second-order valence-corrected chi connectivity index (χ2v) is 4.89. The second kappa shape index (κ2) is 6.06. The average molecular weight is 263 g/mol. The van der Waals surface area contributed by atoms with Crippen LogP contribution in [0.15, 0.2) is 24.3 Å². The van der Waals surface area contributed by atoms with Crippen LogP contribution < -0.4 is 10.1 Å². The summed E-state index contributed by atoms with van der Waals surface area (Å²) in [5, 5.41) is 3.28. The van der Waals surface area contributed by atoms with Crippen LogP contribution in [-0.2, 0) is 16.1 Å². The van der Waals surface area contributed by atoms with Crippen molar-refractivity contribution >= 4 is 5.97 Å². The topological polar surface area (TPSA) is 47.6 Å². The first-order chi connectivity index (χ1) is 9.20. The summed E-state index contributed by atoms with van der Waals surface area (Å²) in [5.74, 6) is 0.667. The lowest BCUT2D eigenvalue weighted by atomic mass is 9.94. The van der Waals surface area contributed by atoms with Crippen molar-refractivity contribution in [2.45, 2.75) is 38.3 Å². The fraction of sp³-hybridized carbons (Fsp3) is 0.533. The molecule has 0 amide bonds. The molecule has 1 heterocycles. The quantitative estimate of drug-likeness (QED) is 0.828. The Labute approximate surface area is 114 Å². The highest BCUT2D eigenvalue weighted by Gasteiger charge is 2.40. The Morgan fingerprint density at radius 1 is 1.37 bits per heavy atom. The molecule has 104 valence electrons. The van der Waals surface area contributed by atoms with Crippen LogP contribution >= 0.6 is 0 Å². The molecule has 2 rings (SSSR count). The molecule has 19 heavy (non-hydrogen) atoms. The van der Waals surface area contributed by atoms with E-state index in [2.05, 4.69) is 5.32 Å². The van der Waals surface area contributed by atoms with Crippen LogP contribution in [0.1, 0.15) is 31.7 Å². The van der Waals surface area contributed by atoms with Gasteiger partial charge in [0.25, 0.3) is 0 Å². The zero-order valence-corrected chi connectivity index (χ0v) is 11.6. The van der Waals surface area contributed by atoms with E-state index in [0.717, 1.165) is 37.1 Å². The summed E-state index contributed by atoms with van der Waals surface area (Å²) in [7, 11) is 1.63. The highest BCUT2D eigenvalue weighted by atomic mass is 16.5. The summed E-state index contributed by atoms with van der Waals surface area (Å²) in [6.45, 7) is 3.23. The van der Waals surface area contributed by atoms with E-state index in [1.54, 1.807) is 7.11 Å². The van der Waals surface area contributed by atoms with E-state index in [-0.39, 0.29) is 5.97 Å². The molecule has 1 aliphatic rings. The van der Waals surface area contributed by atoms with Gasteiger partial charge in [-0.1, -0.05) is 19.1 Å². The van der Waals surface area contributed by atoms with Crippen LogP contribution in [-0.4, -0.2) is 25.2 Å². The SMILES string of the molecule is CCC1(C(=O)OCc2ccc(OC)cc2)CCCN1. The Morgan fingerprint density at radius 2 is 2.11 bits per heavy atom. The number of carbonyl (C=O) groups is 1. The monoisotopic (exact) mass is 263 g/mol. The number of esters is 1. The van der Waals surface area contributed by atoms with E-state index in [1.165, 1.54) is 0 Å². The van der Waals surface area contributed by atoms with Crippen molar-refractivity contribution < 1.29 is 14.3 Å². The third-order valence-corrected chi connectivity index (χ3v) is 3.77. The molecule has 0 aromatic heterocycles. The molecule has 1 aliphatic heterocycles. The van der Waals surface area contributed by atoms with Crippen molar-refractivity contribution in [1.29, 1.82) is 0 Å². The number of benzene rings is 1. The Bertz CT molecular complexity index is 422. The van der Waals surface area contributed by atoms with E-state index in [9.17, 15) is 4.79 Å². The van der Waals surface area contributed by atoms with Gasteiger partial charge in [0.2, 0.25) is 0 Å². The summed E-state index contributed by atoms with van der Waals surface area (Å²) in [6, 6.07) is 7.55. The molecular formula is C15H21NO3. The van der Waals surface area contributed by atoms with E-state index < -0.39 is 5.54 Å². The molecule has 4 nitrogen and oxygen atoms in total. The lowest BCUT2D eigenvalue weighted by molar-refractivity contribution is -0.152. The maximum Gasteiger partial charge on any atom is 0.326 e. The molecule has 0 bridgehead atoms. The van der Waals surface area contributed by atoms with E-state index in [0.29, 0.717) is 6.61 Å². The number of ether oxygens (including phenoxy) is 2. The first-order valence-corrected chi connectivity index (χ1v) is 6.75. The lowest BCUT2D eigenvalue weighted by Gasteiger charge is -2.25. The van der Waals surface area contributed by atoms with Crippen molar-refractivity contribution in [3.05, 3.63) is 29.8 Å². The third-order valence-electron chi connectivity index (χ3n) is 3.77. The predicted octanol–water partition coefficient (Wildman–Crippen LogP) is 2.27. The molecule has 0 spiro atoms. The van der Waals surface area contributed by atoms with Crippen molar-refractivity contribution in [2.75, 3.05) is 13.7 Å². The predicted molar refractivity (Wildman–Crippen MR) is 73.0 cm³/mol. The zero-order chi connectivity index (χ0) is 13.7. The van der Waals surface area contributed by atoms with Crippen LogP contribution in [0.5, 0.6) is 5.75 Å². The molecule has 1 aromatic rings. The van der Waals surface area contributed by atoms with Gasteiger partial charge in [-0.05, 0) is 43.5 Å². The van der Waals surface area contributed by atoms with Gasteiger partial charge in [0.15, 0.2) is 0 Å². The number of hydrogen-bond acceptors (Lipinski definition) is 4. The molecule has 0 radical (unpaired) electrons. The van der Waals surface area contributed by atoms with Crippen LogP contribution in [0.2, 0.25) is 0 Å². The van der Waals surface area contributed by atoms with Gasteiger partial charge in [-0.15, -0.1) is 0 Å². The van der Waals surface area contributed by atoms with Crippen LogP contribution in [0, 0.1) is 0 Å². The van der Waals surface area contributed by atoms with Crippen molar-refractivity contribution in [1.82, 2.24) is 5.32 Å². The summed E-state index contributed by atoms with van der Waals surface area (Å²) in [5.41, 5.74) is 0.505. The van der Waals surface area contributed by atoms with E-state index >= 15 is 0 Å². The highest BCUT2D eigenvalue weighted by Crippen LogP contribution is 2.25. The molecule has 0 aliphatic carbocycles. The molecule has 1 N–H and O–H groups in total. The normalized spacial score (nSPS) is 22.2. The number of nitrogens with one attached hydrogen (secondary N) is 1. The molecule has 1 saturated heterocycles. The molecule has 4 heteroatoms. The standard InChI is InChI=1S/C15H21NO3/c1-3-15(9-4-10-16-15)14(17)19-11-12-5-7-13(18-2)8-6-12/h5-8,16H,3-4,9-11H2,1-2H3. The number of hydrogen-bond donors (Lipinski definition) is 1. The largest absolute Gasteiger partial charge is 0.497 e. The summed E-state index contributed by atoms with van der Waals surface area (Å²) in [4.78, 5) is 12.2. The molecule has 0 saturated carbocycles. The molecule has 1 fully saturated rings. The van der Waals surface area contributed by atoms with Crippen molar-refractivity contribution in [3.8, 4) is 5.75 Å². The summed E-state index contributed by atoms with van der Waals surface area (Å²) < 4.78 is 10.5. The molecule has 1 aromatic carbocycles. The van der Waals surface area contributed by atoms with Gasteiger partial charge in [0, 0.05) is 0 Å². The first-order valence-electron chi connectivity index (χ1n) is 6.75. The minimum Gasteiger partial charge on any atom is -0.497 e. The van der Waals surface area contributed by atoms with Gasteiger partial charge < -0.3 is 14.8 Å². The number of methoxy groups -OCH3 is 1. The number of carbonyl (C=O) groups excluding carboxylic acids is 1. The molecule has 1 atom stereocenters. The van der Waals surface area contributed by atoms with Gasteiger partial charge in [0.05, 0.1) is 7.11 Å². The highest BCUT2D eigenvalue weighted by molar-refractivity contribution is 5.81. The third kappa shape index (κ3) is 3.07. The second-order valence-electron chi connectivity index (χ2n) is 4.89. The minimum absolute atomic E-state index is 0.136. The van der Waals surface area contributed by atoms with Crippen LogP contribution in [0.4, 0.5) is 0 Å². The average Bonchev–Trinajstić information content (AvgIpc) is 2.95. The van der Waals surface area contributed by atoms with Crippen molar-refractivity contribution in [3.63, 3.8) is 0 Å². The van der Waals surface area contributed by atoms with Crippen molar-refractivity contribution in [2.24, 2.45) is 0 Å². The van der Waals surface area contributed by atoms with Crippen LogP contribution in [0.3, 0.4) is 0 Å². The van der Waals surface area contributed by atoms with Crippen LogP contribution in [0.25, 0.3) is 0 Å². The Kier molecular flexibility index (Phi) is 4.43. The number of rotatable bonds is 5. The fourth-order valence-corrected chi connectivity index (χ4v) is 2.44. The van der Waals surface area contributed by atoms with Gasteiger partial charge in [0.1, 0.15) is 17.9 Å². The van der Waals surface area contributed by atoms with Gasteiger partial charge in [-0.2, -0.15) is 0 Å². The Hall–Kier alpha value is -1.55. The Balaban J connectivity index is 1.92. The summed E-state index contributed by atoms with van der Waals surface area (Å²) >= 11 is 0. The van der Waals surface area contributed by atoms with E-state index in [1.807, 2.05) is 31.2 Å². The van der Waals surface area contributed by atoms with Gasteiger partial charge in [-0.25, -0.2) is 0 Å². The molecule has 1 unspecified atom stereocenters.